The first kappa shape index (κ1) is 12.9. The molecule has 0 aliphatic heterocycles. The van der Waals surface area contributed by atoms with Crippen molar-refractivity contribution in [1.82, 2.24) is 9.97 Å². The number of hydrogen-bond donors (Lipinski definition) is 1. The molecule has 2 nitrogen and oxygen atoms in total. The minimum atomic E-state index is 0.570. The van der Waals surface area contributed by atoms with Gasteiger partial charge < -0.3 is 4.98 Å². The molecule has 0 aliphatic rings. The number of aromatic amines is 1. The van der Waals surface area contributed by atoms with Crippen LogP contribution in [0.25, 0.3) is 11.4 Å². The van der Waals surface area contributed by atoms with Crippen LogP contribution in [0.3, 0.4) is 0 Å². The Morgan fingerprint density at radius 1 is 1.11 bits per heavy atom. The third-order valence-electron chi connectivity index (χ3n) is 3.82. The maximum Gasteiger partial charge on any atom is 0.137 e. The molecule has 1 unspecified atom stereocenters. The minimum absolute atomic E-state index is 0.570. The number of H-pyrrole nitrogens is 1. The van der Waals surface area contributed by atoms with Crippen molar-refractivity contribution in [3.8, 4) is 11.4 Å². The lowest BCUT2D eigenvalue weighted by molar-refractivity contribution is 0.533. The Balaban J connectivity index is 2.48. The number of aryl methyl sites for hydroxylation is 1. The van der Waals surface area contributed by atoms with Crippen LogP contribution in [0.2, 0.25) is 0 Å². The second-order valence-electron chi connectivity index (χ2n) is 5.47. The Kier molecular flexibility index (Phi) is 3.55. The van der Waals surface area contributed by atoms with Gasteiger partial charge in [-0.15, -0.1) is 0 Å². The Morgan fingerprint density at radius 3 is 2.39 bits per heavy atom. The summed E-state index contributed by atoms with van der Waals surface area (Å²) in [4.78, 5) is 7.75. The number of imidazole rings is 1. The normalized spacial score (nSPS) is 13.0. The van der Waals surface area contributed by atoms with E-state index >= 15 is 0 Å². The van der Waals surface area contributed by atoms with Crippen LogP contribution in [0.5, 0.6) is 0 Å². The van der Waals surface area contributed by atoms with Crippen molar-refractivity contribution in [2.24, 2.45) is 5.92 Å². The monoisotopic (exact) mass is 242 g/mol. The number of rotatable bonds is 3. The Hall–Kier alpha value is -1.57. The van der Waals surface area contributed by atoms with Crippen LogP contribution < -0.4 is 0 Å². The lowest BCUT2D eigenvalue weighted by Crippen LogP contribution is -2.05. The van der Waals surface area contributed by atoms with Gasteiger partial charge >= 0.3 is 0 Å². The van der Waals surface area contributed by atoms with E-state index in [1.165, 1.54) is 16.7 Å². The third kappa shape index (κ3) is 2.33. The Bertz CT molecular complexity index is 538. The molecule has 1 aromatic carbocycles. The molecule has 0 saturated carbocycles. The van der Waals surface area contributed by atoms with E-state index in [9.17, 15) is 0 Å². The molecule has 1 aromatic heterocycles. The quantitative estimate of drug-likeness (QED) is 0.846. The highest BCUT2D eigenvalue weighted by Gasteiger charge is 2.15. The largest absolute Gasteiger partial charge is 0.342 e. The maximum absolute atomic E-state index is 4.44. The molecule has 0 spiro atoms. The summed E-state index contributed by atoms with van der Waals surface area (Å²) in [6.07, 6.45) is 1.88. The topological polar surface area (TPSA) is 28.7 Å². The molecule has 1 heterocycles. The molecular weight excluding hydrogens is 220 g/mol. The van der Waals surface area contributed by atoms with Gasteiger partial charge in [0.1, 0.15) is 5.82 Å². The molecule has 2 heteroatoms. The van der Waals surface area contributed by atoms with Crippen molar-refractivity contribution < 1.29 is 0 Å². The molecular formula is C16H22N2. The van der Waals surface area contributed by atoms with Crippen LogP contribution in [-0.4, -0.2) is 9.97 Å². The zero-order chi connectivity index (χ0) is 13.3. The van der Waals surface area contributed by atoms with Crippen molar-refractivity contribution in [2.75, 3.05) is 0 Å². The average molecular weight is 242 g/mol. The fourth-order valence-electron chi connectivity index (χ4n) is 2.31. The second kappa shape index (κ2) is 4.97. The van der Waals surface area contributed by atoms with Gasteiger partial charge in [-0.05, 0) is 36.8 Å². The van der Waals surface area contributed by atoms with Gasteiger partial charge in [-0.2, -0.15) is 0 Å². The summed E-state index contributed by atoms with van der Waals surface area (Å²) in [5.41, 5.74) is 5.09. The SMILES string of the molecule is Cc1cnc(-c2cccc(C(C)C(C)C)c2C)[nH]1. The molecule has 0 bridgehead atoms. The predicted molar refractivity (Wildman–Crippen MR) is 76.8 cm³/mol. The van der Waals surface area contributed by atoms with E-state index in [2.05, 4.69) is 55.9 Å². The average Bonchev–Trinajstić information content (AvgIpc) is 2.75. The van der Waals surface area contributed by atoms with Gasteiger partial charge in [0.05, 0.1) is 0 Å². The summed E-state index contributed by atoms with van der Waals surface area (Å²) < 4.78 is 0. The molecule has 18 heavy (non-hydrogen) atoms. The highest BCUT2D eigenvalue weighted by molar-refractivity contribution is 5.62. The zero-order valence-electron chi connectivity index (χ0n) is 11.9. The van der Waals surface area contributed by atoms with Gasteiger partial charge in [0.2, 0.25) is 0 Å². The molecule has 0 amide bonds. The zero-order valence-corrected chi connectivity index (χ0v) is 11.9. The second-order valence-corrected chi connectivity index (χ2v) is 5.47. The first-order valence-corrected chi connectivity index (χ1v) is 6.62. The van der Waals surface area contributed by atoms with Crippen molar-refractivity contribution in [3.63, 3.8) is 0 Å². The molecule has 0 radical (unpaired) electrons. The van der Waals surface area contributed by atoms with Crippen LogP contribution in [0.4, 0.5) is 0 Å². The van der Waals surface area contributed by atoms with Crippen LogP contribution in [0, 0.1) is 19.8 Å². The number of nitrogens with one attached hydrogen (secondary N) is 1. The summed E-state index contributed by atoms with van der Waals surface area (Å²) in [5.74, 6) is 2.20. The summed E-state index contributed by atoms with van der Waals surface area (Å²) in [5, 5.41) is 0. The van der Waals surface area contributed by atoms with Gasteiger partial charge in [-0.25, -0.2) is 4.98 Å². The first-order valence-electron chi connectivity index (χ1n) is 6.62. The van der Waals surface area contributed by atoms with E-state index in [-0.39, 0.29) is 0 Å². The highest BCUT2D eigenvalue weighted by atomic mass is 14.9. The number of nitrogens with zero attached hydrogens (tertiary/aromatic N) is 1. The van der Waals surface area contributed by atoms with Crippen LogP contribution in [0.1, 0.15) is 43.5 Å². The molecule has 0 aliphatic carbocycles. The summed E-state index contributed by atoms with van der Waals surface area (Å²) in [7, 11) is 0. The van der Waals surface area contributed by atoms with Gasteiger partial charge in [0, 0.05) is 17.5 Å². The summed E-state index contributed by atoms with van der Waals surface area (Å²) in [6, 6.07) is 6.51. The number of aromatic nitrogens is 2. The fraction of sp³-hybridized carbons (Fsp3) is 0.438. The van der Waals surface area contributed by atoms with Crippen molar-refractivity contribution in [1.29, 1.82) is 0 Å². The van der Waals surface area contributed by atoms with Crippen LogP contribution in [-0.2, 0) is 0 Å². The summed E-state index contributed by atoms with van der Waals surface area (Å²) in [6.45, 7) is 11.1. The van der Waals surface area contributed by atoms with Crippen LogP contribution >= 0.6 is 0 Å². The van der Waals surface area contributed by atoms with Crippen molar-refractivity contribution in [2.45, 2.75) is 40.5 Å². The van der Waals surface area contributed by atoms with E-state index in [4.69, 9.17) is 0 Å². The molecule has 96 valence electrons. The van der Waals surface area contributed by atoms with E-state index in [0.717, 1.165) is 11.5 Å². The Morgan fingerprint density at radius 2 is 1.83 bits per heavy atom. The molecule has 0 saturated heterocycles. The third-order valence-corrected chi connectivity index (χ3v) is 3.82. The molecule has 2 rings (SSSR count). The Labute approximate surface area is 109 Å². The summed E-state index contributed by atoms with van der Waals surface area (Å²) >= 11 is 0. The highest BCUT2D eigenvalue weighted by Crippen LogP contribution is 2.31. The number of hydrogen-bond acceptors (Lipinski definition) is 1. The van der Waals surface area contributed by atoms with Crippen LogP contribution in [0.15, 0.2) is 24.4 Å². The maximum atomic E-state index is 4.44. The molecule has 1 atom stereocenters. The standard InChI is InChI=1S/C16H22N2/c1-10(2)12(4)14-7-6-8-15(13(14)5)16-17-9-11(3)18-16/h6-10,12H,1-5H3,(H,17,18). The number of benzene rings is 1. The van der Waals surface area contributed by atoms with Gasteiger partial charge in [-0.1, -0.05) is 39.0 Å². The molecule has 1 N–H and O–H groups in total. The van der Waals surface area contributed by atoms with Gasteiger partial charge in [-0.3, -0.25) is 0 Å². The van der Waals surface area contributed by atoms with E-state index in [1.807, 2.05) is 13.1 Å². The fourth-order valence-corrected chi connectivity index (χ4v) is 2.31. The first-order chi connectivity index (χ1) is 8.50. The van der Waals surface area contributed by atoms with Gasteiger partial charge in [0.25, 0.3) is 0 Å². The van der Waals surface area contributed by atoms with Crippen molar-refractivity contribution in [3.05, 3.63) is 41.2 Å². The predicted octanol–water partition coefficient (Wildman–Crippen LogP) is 4.45. The van der Waals surface area contributed by atoms with E-state index < -0.39 is 0 Å². The van der Waals surface area contributed by atoms with E-state index in [1.54, 1.807) is 0 Å². The lowest BCUT2D eigenvalue weighted by Gasteiger charge is -2.19. The lowest BCUT2D eigenvalue weighted by atomic mass is 9.86. The van der Waals surface area contributed by atoms with Gasteiger partial charge in [0.15, 0.2) is 0 Å². The smallest absolute Gasteiger partial charge is 0.137 e. The minimum Gasteiger partial charge on any atom is -0.342 e. The van der Waals surface area contributed by atoms with Crippen molar-refractivity contribution >= 4 is 0 Å². The van der Waals surface area contributed by atoms with E-state index in [0.29, 0.717) is 11.8 Å². The molecule has 0 fully saturated rings. The molecule has 2 aromatic rings.